The summed E-state index contributed by atoms with van der Waals surface area (Å²) in [7, 11) is 0. The van der Waals surface area contributed by atoms with Gasteiger partial charge in [-0.2, -0.15) is 0 Å². The molecule has 1 aliphatic heterocycles. The molecule has 2 heterocycles. The molecule has 2 atom stereocenters. The maximum absolute atomic E-state index is 6.48. The van der Waals surface area contributed by atoms with Crippen molar-refractivity contribution in [3.63, 3.8) is 0 Å². The third-order valence-electron chi connectivity index (χ3n) is 2.86. The van der Waals surface area contributed by atoms with E-state index in [1.807, 2.05) is 24.3 Å². The zero-order chi connectivity index (χ0) is 11.8. The van der Waals surface area contributed by atoms with Crippen LogP contribution in [0.5, 0.6) is 5.75 Å². The molecule has 2 unspecified atom stereocenters. The molecule has 0 bridgehead atoms. The number of halogens is 2. The van der Waals surface area contributed by atoms with Crippen molar-refractivity contribution in [2.75, 3.05) is 0 Å². The first-order chi connectivity index (χ1) is 8.24. The third-order valence-corrected chi connectivity index (χ3v) is 5.22. The summed E-state index contributed by atoms with van der Waals surface area (Å²) in [6.07, 6.45) is 0.930. The minimum Gasteiger partial charge on any atom is -0.488 e. The summed E-state index contributed by atoms with van der Waals surface area (Å²) in [5.41, 5.74) is 1.25. The number of benzene rings is 1. The van der Waals surface area contributed by atoms with Gasteiger partial charge in [0, 0.05) is 11.3 Å². The SMILES string of the molecule is ClC(c1ccc(Br)s1)C1Cc2ccccc2O1. The van der Waals surface area contributed by atoms with E-state index in [-0.39, 0.29) is 11.5 Å². The molecule has 88 valence electrons. The normalized spacial score (nSPS) is 19.8. The Morgan fingerprint density at radius 1 is 1.29 bits per heavy atom. The van der Waals surface area contributed by atoms with Crippen LogP contribution in [0.1, 0.15) is 15.8 Å². The highest BCUT2D eigenvalue weighted by molar-refractivity contribution is 9.11. The molecule has 0 aliphatic carbocycles. The second-order valence-electron chi connectivity index (χ2n) is 4.01. The molecular formula is C13H10BrClOS. The van der Waals surface area contributed by atoms with Gasteiger partial charge < -0.3 is 4.74 Å². The van der Waals surface area contributed by atoms with Crippen LogP contribution in [0.4, 0.5) is 0 Å². The zero-order valence-corrected chi connectivity index (χ0v) is 12.1. The Morgan fingerprint density at radius 2 is 2.12 bits per heavy atom. The van der Waals surface area contributed by atoms with Gasteiger partial charge in [0.15, 0.2) is 0 Å². The number of para-hydroxylation sites is 1. The molecule has 0 radical (unpaired) electrons. The molecule has 0 spiro atoms. The molecule has 1 aliphatic rings. The van der Waals surface area contributed by atoms with Gasteiger partial charge in [-0.1, -0.05) is 18.2 Å². The van der Waals surface area contributed by atoms with E-state index in [4.69, 9.17) is 16.3 Å². The summed E-state index contributed by atoms with van der Waals surface area (Å²) in [6.45, 7) is 0. The lowest BCUT2D eigenvalue weighted by Gasteiger charge is -2.15. The van der Waals surface area contributed by atoms with Crippen LogP contribution in [0, 0.1) is 0 Å². The van der Waals surface area contributed by atoms with Crippen molar-refractivity contribution >= 4 is 38.9 Å². The van der Waals surface area contributed by atoms with Gasteiger partial charge in [-0.3, -0.25) is 0 Å². The minimum absolute atomic E-state index is 0.0413. The molecule has 4 heteroatoms. The monoisotopic (exact) mass is 328 g/mol. The Kier molecular flexibility index (Phi) is 3.16. The maximum Gasteiger partial charge on any atom is 0.124 e. The molecule has 0 saturated carbocycles. The van der Waals surface area contributed by atoms with E-state index in [0.717, 1.165) is 20.8 Å². The van der Waals surface area contributed by atoms with Crippen LogP contribution in [-0.2, 0) is 6.42 Å². The second kappa shape index (κ2) is 4.63. The number of hydrogen-bond donors (Lipinski definition) is 0. The summed E-state index contributed by atoms with van der Waals surface area (Å²) in [5, 5.41) is -0.0845. The molecule has 17 heavy (non-hydrogen) atoms. The van der Waals surface area contributed by atoms with Gasteiger partial charge >= 0.3 is 0 Å². The van der Waals surface area contributed by atoms with E-state index in [2.05, 4.69) is 28.1 Å². The first kappa shape index (κ1) is 11.6. The molecule has 1 nitrogen and oxygen atoms in total. The number of thiophene rings is 1. The molecule has 2 aromatic rings. The van der Waals surface area contributed by atoms with Crippen LogP contribution >= 0.6 is 38.9 Å². The van der Waals surface area contributed by atoms with Gasteiger partial charge in [-0.25, -0.2) is 0 Å². The average molecular weight is 330 g/mol. The molecule has 1 aromatic heterocycles. The lowest BCUT2D eigenvalue weighted by molar-refractivity contribution is 0.228. The molecule has 0 amide bonds. The lowest BCUT2D eigenvalue weighted by Crippen LogP contribution is -2.18. The fourth-order valence-electron chi connectivity index (χ4n) is 2.03. The van der Waals surface area contributed by atoms with Crippen LogP contribution in [-0.4, -0.2) is 6.10 Å². The smallest absolute Gasteiger partial charge is 0.124 e. The third kappa shape index (κ3) is 2.24. The van der Waals surface area contributed by atoms with Gasteiger partial charge in [0.1, 0.15) is 17.2 Å². The Labute approximate surface area is 118 Å². The fraction of sp³-hybridized carbons (Fsp3) is 0.231. The Balaban J connectivity index is 1.80. The van der Waals surface area contributed by atoms with Crippen molar-refractivity contribution in [3.05, 3.63) is 50.6 Å². The number of fused-ring (bicyclic) bond motifs is 1. The van der Waals surface area contributed by atoms with Crippen LogP contribution < -0.4 is 4.74 Å². The van der Waals surface area contributed by atoms with Gasteiger partial charge in [-0.15, -0.1) is 22.9 Å². The van der Waals surface area contributed by atoms with Crippen LogP contribution in [0.25, 0.3) is 0 Å². The number of hydrogen-bond acceptors (Lipinski definition) is 2. The van der Waals surface area contributed by atoms with Crippen molar-refractivity contribution in [2.45, 2.75) is 17.9 Å². The molecule has 3 rings (SSSR count). The number of ether oxygens (including phenoxy) is 1. The predicted molar refractivity (Wildman–Crippen MR) is 75.2 cm³/mol. The van der Waals surface area contributed by atoms with Crippen molar-refractivity contribution < 1.29 is 4.74 Å². The number of rotatable bonds is 2. The highest BCUT2D eigenvalue weighted by Crippen LogP contribution is 2.40. The summed E-state index contributed by atoms with van der Waals surface area (Å²) in [4.78, 5) is 1.15. The maximum atomic E-state index is 6.48. The highest BCUT2D eigenvalue weighted by atomic mass is 79.9. The van der Waals surface area contributed by atoms with E-state index in [1.165, 1.54) is 5.56 Å². The van der Waals surface area contributed by atoms with Crippen LogP contribution in [0.2, 0.25) is 0 Å². The van der Waals surface area contributed by atoms with Crippen molar-refractivity contribution in [1.82, 2.24) is 0 Å². The van der Waals surface area contributed by atoms with Gasteiger partial charge in [0.05, 0.1) is 3.79 Å². The lowest BCUT2D eigenvalue weighted by atomic mass is 10.1. The Hall–Kier alpha value is -0.510. The minimum atomic E-state index is -0.0845. The zero-order valence-electron chi connectivity index (χ0n) is 8.90. The molecule has 0 saturated heterocycles. The topological polar surface area (TPSA) is 9.23 Å². The van der Waals surface area contributed by atoms with E-state index >= 15 is 0 Å². The van der Waals surface area contributed by atoms with Crippen molar-refractivity contribution in [2.24, 2.45) is 0 Å². The highest BCUT2D eigenvalue weighted by Gasteiger charge is 2.30. The van der Waals surface area contributed by atoms with Gasteiger partial charge in [-0.05, 0) is 39.7 Å². The summed E-state index contributed by atoms with van der Waals surface area (Å²) >= 11 is 11.6. The van der Waals surface area contributed by atoms with E-state index in [1.54, 1.807) is 11.3 Å². The summed E-state index contributed by atoms with van der Waals surface area (Å²) in [6, 6.07) is 12.2. The molecule has 0 fully saturated rings. The van der Waals surface area contributed by atoms with Crippen LogP contribution in [0.15, 0.2) is 40.2 Å². The standard InChI is InChI=1S/C13H10BrClOS/c14-12-6-5-11(17-12)13(15)10-7-8-3-1-2-4-9(8)16-10/h1-6,10,13H,7H2. The van der Waals surface area contributed by atoms with Gasteiger partial charge in [0.25, 0.3) is 0 Å². The fourth-order valence-corrected chi connectivity index (χ4v) is 3.83. The van der Waals surface area contributed by atoms with Gasteiger partial charge in [0.2, 0.25) is 0 Å². The van der Waals surface area contributed by atoms with Crippen molar-refractivity contribution in [3.8, 4) is 5.75 Å². The molecule has 1 aromatic carbocycles. The first-order valence-electron chi connectivity index (χ1n) is 5.38. The van der Waals surface area contributed by atoms with E-state index in [0.29, 0.717) is 0 Å². The summed E-state index contributed by atoms with van der Waals surface area (Å²) < 4.78 is 7.00. The summed E-state index contributed by atoms with van der Waals surface area (Å²) in [5.74, 6) is 0.971. The van der Waals surface area contributed by atoms with E-state index in [9.17, 15) is 0 Å². The Morgan fingerprint density at radius 3 is 2.82 bits per heavy atom. The Bertz CT molecular complexity index is 515. The predicted octanol–water partition coefficient (Wildman–Crippen LogP) is 4.79. The molecule has 0 N–H and O–H groups in total. The van der Waals surface area contributed by atoms with Crippen LogP contribution in [0.3, 0.4) is 0 Å². The van der Waals surface area contributed by atoms with Crippen molar-refractivity contribution in [1.29, 1.82) is 0 Å². The molecular weight excluding hydrogens is 320 g/mol. The average Bonchev–Trinajstić information content (AvgIpc) is 2.93. The van der Waals surface area contributed by atoms with E-state index < -0.39 is 0 Å². The second-order valence-corrected chi connectivity index (χ2v) is 6.98. The quantitative estimate of drug-likeness (QED) is 0.720. The number of alkyl halides is 1. The largest absolute Gasteiger partial charge is 0.488 e. The first-order valence-corrected chi connectivity index (χ1v) is 7.42.